The molecule has 1 aliphatic rings. The van der Waals surface area contributed by atoms with Crippen molar-refractivity contribution in [3.05, 3.63) is 23.1 Å². The van der Waals surface area contributed by atoms with E-state index in [9.17, 15) is 22.8 Å². The third-order valence-electron chi connectivity index (χ3n) is 3.56. The molecule has 0 bridgehead atoms. The zero-order valence-corrected chi connectivity index (χ0v) is 12.4. The molecule has 1 fully saturated rings. The Balaban J connectivity index is 2.05. The Kier molecular flexibility index (Phi) is 4.69. The summed E-state index contributed by atoms with van der Waals surface area (Å²) in [5.41, 5.74) is 0.106. The molecule has 2 amide bonds. The van der Waals surface area contributed by atoms with Crippen molar-refractivity contribution in [2.75, 3.05) is 6.54 Å². The number of likely N-dealkylation sites (tertiary alicyclic amines) is 1. The Hall–Kier alpha value is -1.70. The summed E-state index contributed by atoms with van der Waals surface area (Å²) in [5.74, 6) is -1.22. The Morgan fingerprint density at radius 1 is 1.41 bits per heavy atom. The second-order valence-corrected chi connectivity index (χ2v) is 5.43. The smallest absolute Gasteiger partial charge is 0.408 e. The summed E-state index contributed by atoms with van der Waals surface area (Å²) in [7, 11) is 0. The van der Waals surface area contributed by atoms with Crippen molar-refractivity contribution in [2.24, 2.45) is 0 Å². The number of carbonyl (C=O) groups excluding carboxylic acids is 2. The fourth-order valence-corrected chi connectivity index (χ4v) is 2.70. The Morgan fingerprint density at radius 3 is 2.59 bits per heavy atom. The molecule has 5 nitrogen and oxygen atoms in total. The number of halogens is 4. The van der Waals surface area contributed by atoms with Gasteiger partial charge < -0.3 is 14.6 Å². The first-order valence-electron chi connectivity index (χ1n) is 6.58. The van der Waals surface area contributed by atoms with Gasteiger partial charge in [-0.15, -0.1) is 0 Å². The monoisotopic (exact) mass is 338 g/mol. The van der Waals surface area contributed by atoms with Crippen LogP contribution in [0.2, 0.25) is 5.22 Å². The summed E-state index contributed by atoms with van der Waals surface area (Å²) in [4.78, 5) is 24.2. The number of furan rings is 1. The summed E-state index contributed by atoms with van der Waals surface area (Å²) in [6.07, 6.45) is -3.38. The standard InChI is InChI=1S/C13H14ClF3N2O3/c1-7(20)19-6-8(2-3-10(19)13(15,16)17)18-12(21)9-4-5-22-11(9)14/h4-5,8,10H,2-3,6H2,1H3,(H,18,21). The van der Waals surface area contributed by atoms with E-state index in [1.54, 1.807) is 0 Å². The van der Waals surface area contributed by atoms with Gasteiger partial charge in [-0.3, -0.25) is 9.59 Å². The van der Waals surface area contributed by atoms with E-state index < -0.39 is 30.1 Å². The Bertz CT molecular complexity index is 573. The SMILES string of the molecule is CC(=O)N1CC(NC(=O)c2ccoc2Cl)CCC1C(F)(F)F. The van der Waals surface area contributed by atoms with Gasteiger partial charge in [-0.05, 0) is 30.5 Å². The molecule has 2 heterocycles. The second kappa shape index (κ2) is 6.20. The van der Waals surface area contributed by atoms with Crippen LogP contribution in [0.4, 0.5) is 13.2 Å². The highest BCUT2D eigenvalue weighted by molar-refractivity contribution is 6.32. The van der Waals surface area contributed by atoms with Crippen molar-refractivity contribution in [3.8, 4) is 0 Å². The molecular formula is C13H14ClF3N2O3. The third kappa shape index (κ3) is 3.55. The summed E-state index contributed by atoms with van der Waals surface area (Å²) in [6.45, 7) is 0.886. The minimum absolute atomic E-state index is 0.0927. The number of piperidine rings is 1. The van der Waals surface area contributed by atoms with E-state index in [0.717, 1.165) is 11.8 Å². The largest absolute Gasteiger partial charge is 0.452 e. The number of alkyl halides is 3. The van der Waals surface area contributed by atoms with Gasteiger partial charge in [0.15, 0.2) is 0 Å². The second-order valence-electron chi connectivity index (χ2n) is 5.08. The summed E-state index contributed by atoms with van der Waals surface area (Å²) in [6, 6.07) is -1.02. The highest BCUT2D eigenvalue weighted by Gasteiger charge is 2.47. The molecule has 0 radical (unpaired) electrons. The van der Waals surface area contributed by atoms with Crippen LogP contribution in [0.3, 0.4) is 0 Å². The first kappa shape index (κ1) is 16.7. The van der Waals surface area contributed by atoms with Gasteiger partial charge in [0.05, 0.1) is 11.8 Å². The molecule has 2 atom stereocenters. The molecule has 1 N–H and O–H groups in total. The number of rotatable bonds is 2. The van der Waals surface area contributed by atoms with Gasteiger partial charge in [-0.2, -0.15) is 13.2 Å². The van der Waals surface area contributed by atoms with Crippen LogP contribution in [-0.4, -0.2) is 41.5 Å². The maximum atomic E-state index is 12.9. The first-order chi connectivity index (χ1) is 10.2. The van der Waals surface area contributed by atoms with Gasteiger partial charge in [0, 0.05) is 19.5 Å². The van der Waals surface area contributed by atoms with E-state index in [2.05, 4.69) is 5.32 Å². The van der Waals surface area contributed by atoms with E-state index in [1.807, 2.05) is 0 Å². The van der Waals surface area contributed by atoms with Crippen LogP contribution in [-0.2, 0) is 4.79 Å². The molecule has 0 aliphatic carbocycles. The molecule has 122 valence electrons. The number of hydrogen-bond acceptors (Lipinski definition) is 3. The van der Waals surface area contributed by atoms with E-state index in [4.69, 9.17) is 16.0 Å². The van der Waals surface area contributed by atoms with Gasteiger partial charge in [0.25, 0.3) is 5.91 Å². The summed E-state index contributed by atoms with van der Waals surface area (Å²) >= 11 is 5.67. The van der Waals surface area contributed by atoms with Crippen LogP contribution >= 0.6 is 11.6 Å². The summed E-state index contributed by atoms with van der Waals surface area (Å²) < 4.78 is 43.5. The molecule has 1 aromatic rings. The van der Waals surface area contributed by atoms with Crippen LogP contribution in [0.25, 0.3) is 0 Å². The fraction of sp³-hybridized carbons (Fsp3) is 0.538. The lowest BCUT2D eigenvalue weighted by molar-refractivity contribution is -0.196. The Morgan fingerprint density at radius 2 is 2.09 bits per heavy atom. The average molecular weight is 339 g/mol. The van der Waals surface area contributed by atoms with Crippen LogP contribution in [0.15, 0.2) is 16.7 Å². The lowest BCUT2D eigenvalue weighted by atomic mass is 9.97. The van der Waals surface area contributed by atoms with Crippen molar-refractivity contribution in [1.82, 2.24) is 10.2 Å². The number of nitrogens with one attached hydrogen (secondary N) is 1. The molecule has 2 unspecified atom stereocenters. The number of amides is 2. The minimum Gasteiger partial charge on any atom is -0.452 e. The third-order valence-corrected chi connectivity index (χ3v) is 3.85. The molecule has 2 rings (SSSR count). The lowest BCUT2D eigenvalue weighted by Gasteiger charge is -2.40. The van der Waals surface area contributed by atoms with E-state index in [1.165, 1.54) is 12.3 Å². The zero-order valence-electron chi connectivity index (χ0n) is 11.6. The maximum absolute atomic E-state index is 12.9. The van der Waals surface area contributed by atoms with E-state index in [-0.39, 0.29) is 30.2 Å². The number of nitrogens with zero attached hydrogens (tertiary/aromatic N) is 1. The van der Waals surface area contributed by atoms with E-state index >= 15 is 0 Å². The molecule has 0 saturated carbocycles. The van der Waals surface area contributed by atoms with Crippen molar-refractivity contribution in [3.63, 3.8) is 0 Å². The van der Waals surface area contributed by atoms with Gasteiger partial charge in [-0.25, -0.2) is 0 Å². The van der Waals surface area contributed by atoms with Gasteiger partial charge in [0.1, 0.15) is 6.04 Å². The molecular weight excluding hydrogens is 325 g/mol. The van der Waals surface area contributed by atoms with Crippen LogP contribution in [0, 0.1) is 0 Å². The van der Waals surface area contributed by atoms with Crippen molar-refractivity contribution >= 4 is 23.4 Å². The molecule has 1 aromatic heterocycles. The normalized spacial score (nSPS) is 22.5. The van der Waals surface area contributed by atoms with Crippen molar-refractivity contribution in [1.29, 1.82) is 0 Å². The van der Waals surface area contributed by atoms with Crippen LogP contribution in [0.5, 0.6) is 0 Å². The predicted octanol–water partition coefficient (Wildman–Crippen LogP) is 2.60. The fourth-order valence-electron chi connectivity index (χ4n) is 2.50. The minimum atomic E-state index is -4.48. The Labute approximate surface area is 129 Å². The number of carbonyl (C=O) groups is 2. The topological polar surface area (TPSA) is 62.6 Å². The number of hydrogen-bond donors (Lipinski definition) is 1. The van der Waals surface area contributed by atoms with E-state index in [0.29, 0.717) is 0 Å². The highest BCUT2D eigenvalue weighted by atomic mass is 35.5. The highest BCUT2D eigenvalue weighted by Crippen LogP contribution is 2.32. The van der Waals surface area contributed by atoms with Crippen LogP contribution in [0.1, 0.15) is 30.1 Å². The zero-order chi connectivity index (χ0) is 16.5. The molecule has 1 aliphatic heterocycles. The molecule has 9 heteroatoms. The molecule has 1 saturated heterocycles. The van der Waals surface area contributed by atoms with Gasteiger partial charge in [0.2, 0.25) is 11.1 Å². The molecule has 0 spiro atoms. The molecule has 22 heavy (non-hydrogen) atoms. The summed E-state index contributed by atoms with van der Waals surface area (Å²) in [5, 5.41) is 2.48. The van der Waals surface area contributed by atoms with Gasteiger partial charge in [-0.1, -0.05) is 0 Å². The first-order valence-corrected chi connectivity index (χ1v) is 6.95. The van der Waals surface area contributed by atoms with Crippen molar-refractivity contribution < 1.29 is 27.2 Å². The lowest BCUT2D eigenvalue weighted by Crippen LogP contribution is -2.57. The van der Waals surface area contributed by atoms with Crippen LogP contribution < -0.4 is 5.32 Å². The molecule has 0 aromatic carbocycles. The quantitative estimate of drug-likeness (QED) is 0.901. The average Bonchev–Trinajstić information content (AvgIpc) is 2.83. The van der Waals surface area contributed by atoms with Gasteiger partial charge >= 0.3 is 6.18 Å². The predicted molar refractivity (Wildman–Crippen MR) is 71.4 cm³/mol. The maximum Gasteiger partial charge on any atom is 0.408 e. The van der Waals surface area contributed by atoms with Crippen molar-refractivity contribution in [2.45, 2.75) is 38.0 Å².